The molecule has 4 rings (SSSR count). The van der Waals surface area contributed by atoms with E-state index >= 15 is 0 Å². The SMILES string of the molecule is N[C@@H]1C[C@H](CO)[C@H](OCc2ccccc2)[C@@H](OCc2ccccc2)[C@H]1OCc1ccccc1. The summed E-state index contributed by atoms with van der Waals surface area (Å²) in [5.74, 6) is -0.124. The summed E-state index contributed by atoms with van der Waals surface area (Å²) in [6, 6.07) is 29.9. The Kier molecular flexibility index (Phi) is 8.64. The maximum absolute atomic E-state index is 10.1. The minimum Gasteiger partial charge on any atom is -0.396 e. The van der Waals surface area contributed by atoms with Gasteiger partial charge in [-0.2, -0.15) is 0 Å². The lowest BCUT2D eigenvalue weighted by Gasteiger charge is -2.45. The Morgan fingerprint density at radius 2 is 1.00 bits per heavy atom. The van der Waals surface area contributed by atoms with Gasteiger partial charge in [0.2, 0.25) is 0 Å². The lowest BCUT2D eigenvalue weighted by Crippen LogP contribution is -2.60. The van der Waals surface area contributed by atoms with E-state index in [0.29, 0.717) is 26.2 Å². The second-order valence-corrected chi connectivity index (χ2v) is 8.63. The van der Waals surface area contributed by atoms with Crippen LogP contribution in [0.4, 0.5) is 0 Å². The Balaban J connectivity index is 1.53. The van der Waals surface area contributed by atoms with Crippen LogP contribution in [0.5, 0.6) is 0 Å². The van der Waals surface area contributed by atoms with Crippen LogP contribution in [0.15, 0.2) is 91.0 Å². The first-order chi connectivity index (χ1) is 16.2. The van der Waals surface area contributed by atoms with Gasteiger partial charge >= 0.3 is 0 Å². The summed E-state index contributed by atoms with van der Waals surface area (Å²) in [7, 11) is 0. The van der Waals surface area contributed by atoms with Gasteiger partial charge in [0.25, 0.3) is 0 Å². The smallest absolute Gasteiger partial charge is 0.112 e. The zero-order valence-electron chi connectivity index (χ0n) is 18.8. The van der Waals surface area contributed by atoms with Gasteiger partial charge in [-0.1, -0.05) is 91.0 Å². The van der Waals surface area contributed by atoms with Crippen LogP contribution in [0, 0.1) is 5.92 Å². The molecule has 1 aliphatic carbocycles. The number of aliphatic hydroxyl groups is 1. The molecule has 3 N–H and O–H groups in total. The Morgan fingerprint density at radius 3 is 1.42 bits per heavy atom. The summed E-state index contributed by atoms with van der Waals surface area (Å²) in [6.45, 7) is 1.30. The molecule has 5 atom stereocenters. The van der Waals surface area contributed by atoms with E-state index in [1.165, 1.54) is 0 Å². The fourth-order valence-corrected chi connectivity index (χ4v) is 4.43. The topological polar surface area (TPSA) is 73.9 Å². The van der Waals surface area contributed by atoms with Gasteiger partial charge in [0.1, 0.15) is 12.2 Å². The molecule has 0 amide bonds. The second kappa shape index (κ2) is 12.1. The van der Waals surface area contributed by atoms with E-state index in [4.69, 9.17) is 19.9 Å². The molecule has 3 aromatic carbocycles. The molecular weight excluding hydrogens is 414 g/mol. The van der Waals surface area contributed by atoms with Crippen LogP contribution in [0.3, 0.4) is 0 Å². The molecular formula is C28H33NO4. The number of benzene rings is 3. The molecule has 0 aliphatic heterocycles. The number of ether oxygens (including phenoxy) is 3. The van der Waals surface area contributed by atoms with Crippen LogP contribution in [-0.4, -0.2) is 36.1 Å². The van der Waals surface area contributed by atoms with E-state index in [1.54, 1.807) is 0 Å². The van der Waals surface area contributed by atoms with Gasteiger partial charge in [0, 0.05) is 18.6 Å². The highest BCUT2D eigenvalue weighted by atomic mass is 16.6. The number of aliphatic hydroxyl groups excluding tert-OH is 1. The molecule has 1 saturated carbocycles. The fourth-order valence-electron chi connectivity index (χ4n) is 4.43. The second-order valence-electron chi connectivity index (χ2n) is 8.63. The fraction of sp³-hybridized carbons (Fsp3) is 0.357. The molecule has 33 heavy (non-hydrogen) atoms. The van der Waals surface area contributed by atoms with Gasteiger partial charge in [-0.15, -0.1) is 0 Å². The van der Waals surface area contributed by atoms with Crippen LogP contribution in [0.2, 0.25) is 0 Å². The molecule has 0 saturated heterocycles. The summed E-state index contributed by atoms with van der Waals surface area (Å²) in [5, 5.41) is 10.1. The molecule has 0 unspecified atom stereocenters. The molecule has 1 fully saturated rings. The molecule has 174 valence electrons. The van der Waals surface area contributed by atoms with E-state index in [0.717, 1.165) is 16.7 Å². The van der Waals surface area contributed by atoms with Gasteiger partial charge in [0.15, 0.2) is 0 Å². The quantitative estimate of drug-likeness (QED) is 0.490. The van der Waals surface area contributed by atoms with Crippen molar-refractivity contribution >= 4 is 0 Å². The van der Waals surface area contributed by atoms with Gasteiger partial charge in [-0.3, -0.25) is 0 Å². The van der Waals surface area contributed by atoms with Crippen molar-refractivity contribution in [2.45, 2.75) is 50.6 Å². The molecule has 3 aromatic rings. The van der Waals surface area contributed by atoms with Crippen LogP contribution in [0.1, 0.15) is 23.1 Å². The Labute approximate surface area is 196 Å². The minimum atomic E-state index is -0.404. The average molecular weight is 448 g/mol. The summed E-state index contributed by atoms with van der Waals surface area (Å²) in [4.78, 5) is 0. The van der Waals surface area contributed by atoms with Crippen LogP contribution >= 0.6 is 0 Å². The van der Waals surface area contributed by atoms with Crippen molar-refractivity contribution < 1.29 is 19.3 Å². The lowest BCUT2D eigenvalue weighted by molar-refractivity contribution is -0.197. The molecule has 0 radical (unpaired) electrons. The first-order valence-electron chi connectivity index (χ1n) is 11.6. The Morgan fingerprint density at radius 1 is 0.606 bits per heavy atom. The van der Waals surface area contributed by atoms with E-state index in [9.17, 15) is 5.11 Å². The maximum Gasteiger partial charge on any atom is 0.112 e. The third-order valence-corrected chi connectivity index (χ3v) is 6.20. The molecule has 1 aliphatic rings. The molecule has 5 nitrogen and oxygen atoms in total. The number of hydrogen-bond acceptors (Lipinski definition) is 5. The monoisotopic (exact) mass is 447 g/mol. The van der Waals surface area contributed by atoms with Crippen molar-refractivity contribution in [1.82, 2.24) is 0 Å². The van der Waals surface area contributed by atoms with Crippen molar-refractivity contribution in [2.75, 3.05) is 6.61 Å². The third kappa shape index (κ3) is 6.50. The molecule has 0 bridgehead atoms. The van der Waals surface area contributed by atoms with Gasteiger partial charge in [0.05, 0.1) is 25.9 Å². The van der Waals surface area contributed by atoms with Gasteiger partial charge in [-0.05, 0) is 23.1 Å². The largest absolute Gasteiger partial charge is 0.396 e. The number of rotatable bonds is 10. The van der Waals surface area contributed by atoms with Crippen molar-refractivity contribution in [1.29, 1.82) is 0 Å². The van der Waals surface area contributed by atoms with E-state index < -0.39 is 6.10 Å². The highest BCUT2D eigenvalue weighted by Crippen LogP contribution is 2.32. The maximum atomic E-state index is 10.1. The number of nitrogens with two attached hydrogens (primary N) is 1. The van der Waals surface area contributed by atoms with Crippen molar-refractivity contribution in [3.05, 3.63) is 108 Å². The molecule has 5 heteroatoms. The number of hydrogen-bond donors (Lipinski definition) is 2. The van der Waals surface area contributed by atoms with Crippen LogP contribution in [-0.2, 0) is 34.0 Å². The molecule has 0 heterocycles. The zero-order chi connectivity index (χ0) is 22.9. The summed E-state index contributed by atoms with van der Waals surface area (Å²) < 4.78 is 19.2. The normalized spacial score (nSPS) is 25.1. The third-order valence-electron chi connectivity index (χ3n) is 6.20. The van der Waals surface area contributed by atoms with Crippen molar-refractivity contribution in [3.63, 3.8) is 0 Å². The highest BCUT2D eigenvalue weighted by molar-refractivity contribution is 5.16. The minimum absolute atomic E-state index is 0.0102. The lowest BCUT2D eigenvalue weighted by atomic mass is 9.79. The van der Waals surface area contributed by atoms with Crippen molar-refractivity contribution in [3.8, 4) is 0 Å². The van der Waals surface area contributed by atoms with Gasteiger partial charge in [-0.25, -0.2) is 0 Å². The van der Waals surface area contributed by atoms with Gasteiger partial charge < -0.3 is 25.1 Å². The Hall–Kier alpha value is -2.54. The standard InChI is InChI=1S/C28H33NO4/c29-25-16-24(17-30)26(31-18-21-10-4-1-5-11-21)28(33-20-23-14-8-3-9-15-23)27(25)32-19-22-12-6-2-7-13-22/h1-15,24-28,30H,16-20,29H2/t24-,25-,26+,27+,28-/m1/s1. The van der Waals surface area contributed by atoms with E-state index in [1.807, 2.05) is 91.0 Å². The van der Waals surface area contributed by atoms with Crippen LogP contribution in [0.25, 0.3) is 0 Å². The first kappa shape index (κ1) is 23.6. The average Bonchev–Trinajstić information content (AvgIpc) is 2.87. The molecule has 0 aromatic heterocycles. The van der Waals surface area contributed by atoms with Crippen LogP contribution < -0.4 is 5.73 Å². The summed E-state index contributed by atoms with van der Waals surface area (Å²) >= 11 is 0. The highest BCUT2D eigenvalue weighted by Gasteiger charge is 2.45. The van der Waals surface area contributed by atoms with E-state index in [-0.39, 0.29) is 30.8 Å². The van der Waals surface area contributed by atoms with E-state index in [2.05, 4.69) is 0 Å². The molecule has 0 spiro atoms. The zero-order valence-corrected chi connectivity index (χ0v) is 18.8. The van der Waals surface area contributed by atoms with Crippen molar-refractivity contribution in [2.24, 2.45) is 11.7 Å². The summed E-state index contributed by atoms with van der Waals surface area (Å²) in [6.07, 6.45) is -0.476. The first-order valence-corrected chi connectivity index (χ1v) is 11.6. The predicted molar refractivity (Wildman–Crippen MR) is 128 cm³/mol. The Bertz CT molecular complexity index is 938. The predicted octanol–water partition coefficient (Wildman–Crippen LogP) is 4.08. The summed E-state index contributed by atoms with van der Waals surface area (Å²) in [5.41, 5.74) is 9.79.